The Morgan fingerprint density at radius 1 is 1.32 bits per heavy atom. The van der Waals surface area contributed by atoms with Crippen LogP contribution >= 0.6 is 27.3 Å². The lowest BCUT2D eigenvalue weighted by molar-refractivity contribution is -0.139. The molecule has 0 N–H and O–H groups in total. The third-order valence-corrected chi connectivity index (χ3v) is 6.23. The van der Waals surface area contributed by atoms with Crippen molar-refractivity contribution in [1.82, 2.24) is 4.57 Å². The van der Waals surface area contributed by atoms with E-state index in [4.69, 9.17) is 13.9 Å². The molecule has 4 rings (SSSR count). The molecule has 2 aromatic heterocycles. The molecule has 0 saturated heterocycles. The molecular formula is C22H19BrN2O5S. The number of esters is 1. The number of furan rings is 1. The Balaban J connectivity index is 2.00. The number of halogens is 1. The maximum absolute atomic E-state index is 13.5. The summed E-state index contributed by atoms with van der Waals surface area (Å²) in [6.45, 7) is 3.70. The summed E-state index contributed by atoms with van der Waals surface area (Å²) < 4.78 is 18.9. The van der Waals surface area contributed by atoms with Crippen molar-refractivity contribution in [2.75, 3.05) is 13.7 Å². The van der Waals surface area contributed by atoms with Gasteiger partial charge >= 0.3 is 5.97 Å². The third-order valence-electron chi connectivity index (χ3n) is 4.82. The molecular weight excluding hydrogens is 484 g/mol. The number of methoxy groups -OCH3 is 1. The third kappa shape index (κ3) is 3.90. The van der Waals surface area contributed by atoms with Gasteiger partial charge < -0.3 is 13.9 Å². The maximum atomic E-state index is 13.5. The second-order valence-corrected chi connectivity index (χ2v) is 8.48. The van der Waals surface area contributed by atoms with Gasteiger partial charge in [0.25, 0.3) is 5.56 Å². The number of allylic oxidation sites excluding steroid dienone is 1. The molecule has 1 atom stereocenters. The second kappa shape index (κ2) is 8.68. The molecule has 3 aromatic rings. The first-order chi connectivity index (χ1) is 14.9. The van der Waals surface area contributed by atoms with Crippen molar-refractivity contribution < 1.29 is 18.7 Å². The van der Waals surface area contributed by atoms with Crippen LogP contribution in [0.25, 0.3) is 6.08 Å². The number of carbonyl (C=O) groups excluding carboxylic acids is 1. The minimum absolute atomic E-state index is 0.214. The largest absolute Gasteiger partial charge is 0.496 e. The van der Waals surface area contributed by atoms with E-state index in [0.29, 0.717) is 42.3 Å². The van der Waals surface area contributed by atoms with E-state index >= 15 is 0 Å². The van der Waals surface area contributed by atoms with Crippen LogP contribution < -0.4 is 19.6 Å². The van der Waals surface area contributed by atoms with Gasteiger partial charge in [0.15, 0.2) is 9.47 Å². The van der Waals surface area contributed by atoms with Crippen LogP contribution in [0.15, 0.2) is 66.5 Å². The summed E-state index contributed by atoms with van der Waals surface area (Å²) in [5.74, 6) is 0.588. The topological polar surface area (TPSA) is 83.0 Å². The molecule has 31 heavy (non-hydrogen) atoms. The number of ether oxygens (including phenoxy) is 2. The van der Waals surface area contributed by atoms with Gasteiger partial charge in [-0.2, -0.15) is 0 Å². The Bertz CT molecular complexity index is 1360. The van der Waals surface area contributed by atoms with Crippen LogP contribution in [0.3, 0.4) is 0 Å². The van der Waals surface area contributed by atoms with E-state index in [2.05, 4.69) is 20.9 Å². The van der Waals surface area contributed by atoms with E-state index in [-0.39, 0.29) is 12.2 Å². The summed E-state index contributed by atoms with van der Waals surface area (Å²) >= 11 is 4.50. The van der Waals surface area contributed by atoms with Gasteiger partial charge in [-0.05, 0) is 48.0 Å². The van der Waals surface area contributed by atoms with Gasteiger partial charge in [-0.15, -0.1) is 0 Å². The highest BCUT2D eigenvalue weighted by molar-refractivity contribution is 9.10. The van der Waals surface area contributed by atoms with Crippen molar-refractivity contribution in [3.63, 3.8) is 0 Å². The molecule has 1 aliphatic heterocycles. The number of nitrogens with zero attached hydrogens (tertiary/aromatic N) is 2. The van der Waals surface area contributed by atoms with Gasteiger partial charge in [0.05, 0.1) is 29.5 Å². The predicted octanol–water partition coefficient (Wildman–Crippen LogP) is 3.16. The maximum Gasteiger partial charge on any atom is 0.338 e. The van der Waals surface area contributed by atoms with Crippen LogP contribution in [0.5, 0.6) is 5.75 Å². The van der Waals surface area contributed by atoms with E-state index in [9.17, 15) is 9.59 Å². The number of aromatic nitrogens is 1. The van der Waals surface area contributed by atoms with Gasteiger partial charge in [-0.1, -0.05) is 29.5 Å². The number of para-hydroxylation sites is 1. The highest BCUT2D eigenvalue weighted by atomic mass is 79.9. The molecule has 0 fully saturated rings. The van der Waals surface area contributed by atoms with E-state index < -0.39 is 12.0 Å². The van der Waals surface area contributed by atoms with Crippen molar-refractivity contribution in [3.05, 3.63) is 83.3 Å². The molecule has 1 aliphatic rings. The number of rotatable bonds is 5. The summed E-state index contributed by atoms with van der Waals surface area (Å²) in [5, 5.41) is 0. The van der Waals surface area contributed by atoms with Crippen LogP contribution in [0.2, 0.25) is 0 Å². The fraction of sp³-hybridized carbons (Fsp3) is 0.227. The number of hydrogen-bond donors (Lipinski definition) is 0. The summed E-state index contributed by atoms with van der Waals surface area (Å²) in [6, 6.07) is 10.1. The molecule has 0 unspecified atom stereocenters. The summed E-state index contributed by atoms with van der Waals surface area (Å²) in [7, 11) is 1.55. The molecule has 0 radical (unpaired) electrons. The van der Waals surface area contributed by atoms with E-state index in [1.807, 2.05) is 18.2 Å². The van der Waals surface area contributed by atoms with Crippen molar-refractivity contribution >= 4 is 39.3 Å². The molecule has 160 valence electrons. The van der Waals surface area contributed by atoms with E-state index in [1.165, 1.54) is 15.9 Å². The molecule has 0 spiro atoms. The normalized spacial score (nSPS) is 16.1. The van der Waals surface area contributed by atoms with Crippen molar-refractivity contribution in [1.29, 1.82) is 0 Å². The zero-order chi connectivity index (χ0) is 22.1. The van der Waals surface area contributed by atoms with Crippen LogP contribution in [0.1, 0.15) is 31.2 Å². The van der Waals surface area contributed by atoms with E-state index in [1.54, 1.807) is 45.2 Å². The smallest absolute Gasteiger partial charge is 0.338 e. The second-order valence-electron chi connectivity index (χ2n) is 6.69. The molecule has 9 heteroatoms. The number of carbonyl (C=O) groups is 1. The molecule has 0 saturated carbocycles. The minimum Gasteiger partial charge on any atom is -0.496 e. The summed E-state index contributed by atoms with van der Waals surface area (Å²) in [5.41, 5.74) is 1.21. The summed E-state index contributed by atoms with van der Waals surface area (Å²) in [6.07, 6.45) is 1.66. The fourth-order valence-corrected chi connectivity index (χ4v) is 4.86. The zero-order valence-electron chi connectivity index (χ0n) is 17.0. The first-order valence-electron chi connectivity index (χ1n) is 9.52. The quantitative estimate of drug-likeness (QED) is 0.500. The van der Waals surface area contributed by atoms with Gasteiger partial charge in [0.1, 0.15) is 17.6 Å². The number of thiazole rings is 1. The Morgan fingerprint density at radius 2 is 2.10 bits per heavy atom. The minimum atomic E-state index is -0.725. The molecule has 7 nitrogen and oxygen atoms in total. The van der Waals surface area contributed by atoms with Crippen molar-refractivity contribution in [2.24, 2.45) is 4.99 Å². The van der Waals surface area contributed by atoms with Crippen molar-refractivity contribution in [3.8, 4) is 5.75 Å². The predicted molar refractivity (Wildman–Crippen MR) is 120 cm³/mol. The lowest BCUT2D eigenvalue weighted by Crippen LogP contribution is -2.40. The fourth-order valence-electron chi connectivity index (χ4n) is 3.51. The van der Waals surface area contributed by atoms with Gasteiger partial charge in [0, 0.05) is 11.6 Å². The monoisotopic (exact) mass is 502 g/mol. The number of hydrogen-bond acceptors (Lipinski definition) is 7. The Hall–Kier alpha value is -2.91. The van der Waals surface area contributed by atoms with Crippen LogP contribution in [-0.2, 0) is 9.53 Å². The Labute approximate surface area is 190 Å². The number of benzene rings is 1. The zero-order valence-corrected chi connectivity index (χ0v) is 19.5. The number of fused-ring (bicyclic) bond motifs is 1. The average molecular weight is 503 g/mol. The Kier molecular flexibility index (Phi) is 5.97. The standard InChI is InChI=1S/C22H19BrN2O5S/c1-4-29-21(27)18-12(2)24-22-25(19(18)14-7-5-6-8-15(14)28-3)20(26)16(31-22)11-13-9-10-17(23)30-13/h5-11,19H,4H2,1-3H3/b16-11-/t19-/m1/s1. The first kappa shape index (κ1) is 21.3. The highest BCUT2D eigenvalue weighted by Crippen LogP contribution is 2.35. The van der Waals surface area contributed by atoms with Gasteiger partial charge in [-0.25, -0.2) is 9.79 Å². The van der Waals surface area contributed by atoms with Gasteiger partial charge in [-0.3, -0.25) is 9.36 Å². The highest BCUT2D eigenvalue weighted by Gasteiger charge is 2.34. The lowest BCUT2D eigenvalue weighted by atomic mass is 9.95. The molecule has 0 amide bonds. The first-order valence-corrected chi connectivity index (χ1v) is 11.1. The molecule has 0 bridgehead atoms. The van der Waals surface area contributed by atoms with E-state index in [0.717, 1.165) is 0 Å². The average Bonchev–Trinajstić information content (AvgIpc) is 3.29. The van der Waals surface area contributed by atoms with Crippen molar-refractivity contribution in [2.45, 2.75) is 19.9 Å². The summed E-state index contributed by atoms with van der Waals surface area (Å²) in [4.78, 5) is 31.4. The molecule has 0 aliphatic carbocycles. The SMILES string of the molecule is CCOC(=O)C1=C(C)N=c2s/c(=C\c3ccc(Br)o3)c(=O)n2[C@@H]1c1ccccc1OC. The van der Waals surface area contributed by atoms with Crippen LogP contribution in [0, 0.1) is 0 Å². The molecule has 1 aromatic carbocycles. The van der Waals surface area contributed by atoms with Crippen LogP contribution in [0.4, 0.5) is 0 Å². The molecule has 3 heterocycles. The van der Waals surface area contributed by atoms with Gasteiger partial charge in [0.2, 0.25) is 0 Å². The Morgan fingerprint density at radius 3 is 2.77 bits per heavy atom. The lowest BCUT2D eigenvalue weighted by Gasteiger charge is -2.25. The van der Waals surface area contributed by atoms with Crippen LogP contribution in [-0.4, -0.2) is 24.3 Å².